The van der Waals surface area contributed by atoms with Crippen molar-refractivity contribution in [1.82, 2.24) is 0 Å². The number of nitrogens with one attached hydrogen (secondary N) is 1. The van der Waals surface area contributed by atoms with E-state index in [0.29, 0.717) is 26.6 Å². The van der Waals surface area contributed by atoms with E-state index in [-0.39, 0.29) is 0 Å². The van der Waals surface area contributed by atoms with Crippen molar-refractivity contribution < 1.29 is 0 Å². The smallest absolute Gasteiger partial charge is 0.0823 e. The Labute approximate surface area is 126 Å². The van der Waals surface area contributed by atoms with E-state index in [4.69, 9.17) is 46.4 Å². The van der Waals surface area contributed by atoms with Gasteiger partial charge in [-0.3, -0.25) is 0 Å². The summed E-state index contributed by atoms with van der Waals surface area (Å²) in [6, 6.07) is 10.9. The molecule has 1 nitrogen and oxygen atoms in total. The number of anilines is 1. The van der Waals surface area contributed by atoms with Gasteiger partial charge in [-0.05, 0) is 23.8 Å². The zero-order chi connectivity index (χ0) is 13.1. The summed E-state index contributed by atoms with van der Waals surface area (Å²) in [5.41, 5.74) is 1.67. The average Bonchev–Trinajstić information content (AvgIpc) is 2.36. The van der Waals surface area contributed by atoms with Crippen LogP contribution >= 0.6 is 46.4 Å². The van der Waals surface area contributed by atoms with Crippen LogP contribution in [0.25, 0.3) is 0 Å². The van der Waals surface area contributed by atoms with Crippen LogP contribution in [0.15, 0.2) is 36.4 Å². The van der Waals surface area contributed by atoms with Crippen LogP contribution < -0.4 is 5.32 Å². The lowest BCUT2D eigenvalue weighted by Gasteiger charge is -2.11. The minimum Gasteiger partial charge on any atom is -0.380 e. The van der Waals surface area contributed by atoms with E-state index in [0.717, 1.165) is 11.3 Å². The van der Waals surface area contributed by atoms with E-state index in [1.54, 1.807) is 12.1 Å². The summed E-state index contributed by atoms with van der Waals surface area (Å²) in [5.74, 6) is 0. The molecule has 0 fully saturated rings. The molecule has 0 atom stereocenters. The summed E-state index contributed by atoms with van der Waals surface area (Å²) in [5, 5.41) is 5.27. The molecule has 2 rings (SSSR count). The molecular formula is C13H9Cl4N. The molecular weight excluding hydrogens is 312 g/mol. The van der Waals surface area contributed by atoms with Crippen LogP contribution in [0.1, 0.15) is 5.56 Å². The van der Waals surface area contributed by atoms with Gasteiger partial charge in [0.05, 0.1) is 25.8 Å². The highest BCUT2D eigenvalue weighted by Crippen LogP contribution is 2.31. The molecule has 0 radical (unpaired) electrons. The second-order valence-electron chi connectivity index (χ2n) is 3.67. The molecule has 0 saturated heterocycles. The van der Waals surface area contributed by atoms with Gasteiger partial charge < -0.3 is 5.32 Å². The van der Waals surface area contributed by atoms with Gasteiger partial charge in [0.15, 0.2) is 0 Å². The van der Waals surface area contributed by atoms with Gasteiger partial charge in [0.25, 0.3) is 0 Å². The lowest BCUT2D eigenvalue weighted by molar-refractivity contribution is 1.15. The Hall–Kier alpha value is -0.600. The third-order valence-electron chi connectivity index (χ3n) is 2.45. The second-order valence-corrected chi connectivity index (χ2v) is 5.24. The molecule has 0 amide bonds. The Bertz CT molecular complexity index is 517. The van der Waals surface area contributed by atoms with Crippen molar-refractivity contribution in [2.45, 2.75) is 6.54 Å². The largest absolute Gasteiger partial charge is 0.380 e. The highest BCUT2D eigenvalue weighted by Gasteiger charge is 2.06. The van der Waals surface area contributed by atoms with Crippen molar-refractivity contribution in [3.63, 3.8) is 0 Å². The van der Waals surface area contributed by atoms with Gasteiger partial charge in [0.1, 0.15) is 0 Å². The Morgan fingerprint density at radius 2 is 1.39 bits per heavy atom. The Kier molecular flexibility index (Phi) is 4.63. The third kappa shape index (κ3) is 3.04. The molecule has 18 heavy (non-hydrogen) atoms. The fraction of sp³-hybridized carbons (Fsp3) is 0.0769. The molecule has 2 aromatic rings. The van der Waals surface area contributed by atoms with Crippen LogP contribution in [-0.4, -0.2) is 0 Å². The number of hydrogen-bond donors (Lipinski definition) is 1. The number of rotatable bonds is 3. The highest BCUT2D eigenvalue weighted by molar-refractivity contribution is 6.44. The molecule has 2 aromatic carbocycles. The number of halogens is 4. The van der Waals surface area contributed by atoms with Crippen LogP contribution in [0.5, 0.6) is 0 Å². The minimum atomic E-state index is 0.498. The van der Waals surface area contributed by atoms with Gasteiger partial charge in [-0.15, -0.1) is 0 Å². The van der Waals surface area contributed by atoms with Crippen LogP contribution in [0.4, 0.5) is 5.69 Å². The van der Waals surface area contributed by atoms with Crippen LogP contribution in [-0.2, 0) is 6.54 Å². The summed E-state index contributed by atoms with van der Waals surface area (Å²) in [6.07, 6.45) is 0. The van der Waals surface area contributed by atoms with E-state index in [2.05, 4.69) is 5.32 Å². The van der Waals surface area contributed by atoms with Crippen molar-refractivity contribution in [1.29, 1.82) is 0 Å². The van der Waals surface area contributed by atoms with Crippen molar-refractivity contribution in [2.24, 2.45) is 0 Å². The van der Waals surface area contributed by atoms with Crippen LogP contribution in [0, 0.1) is 0 Å². The predicted octanol–water partition coefficient (Wildman–Crippen LogP) is 5.91. The summed E-state index contributed by atoms with van der Waals surface area (Å²) in [6.45, 7) is 0.527. The lowest BCUT2D eigenvalue weighted by atomic mass is 10.2. The molecule has 0 heterocycles. The Morgan fingerprint density at radius 1 is 0.778 bits per heavy atom. The summed E-state index contributed by atoms with van der Waals surface area (Å²) >= 11 is 24.1. The van der Waals surface area contributed by atoms with Gasteiger partial charge in [-0.25, -0.2) is 0 Å². The van der Waals surface area contributed by atoms with Crippen molar-refractivity contribution in [3.05, 3.63) is 62.1 Å². The fourth-order valence-electron chi connectivity index (χ4n) is 1.52. The van der Waals surface area contributed by atoms with Gasteiger partial charge in [0, 0.05) is 6.54 Å². The molecule has 1 N–H and O–H groups in total. The monoisotopic (exact) mass is 319 g/mol. The van der Waals surface area contributed by atoms with E-state index in [1.165, 1.54) is 0 Å². The zero-order valence-corrected chi connectivity index (χ0v) is 12.2. The minimum absolute atomic E-state index is 0.498. The average molecular weight is 321 g/mol. The third-order valence-corrected chi connectivity index (χ3v) is 4.13. The van der Waals surface area contributed by atoms with Crippen molar-refractivity contribution >= 4 is 52.1 Å². The molecule has 0 aliphatic rings. The summed E-state index contributed by atoms with van der Waals surface area (Å²) < 4.78 is 0. The van der Waals surface area contributed by atoms with Gasteiger partial charge in [-0.2, -0.15) is 0 Å². The van der Waals surface area contributed by atoms with Gasteiger partial charge >= 0.3 is 0 Å². The maximum Gasteiger partial charge on any atom is 0.0823 e. The van der Waals surface area contributed by atoms with E-state index >= 15 is 0 Å². The quantitative estimate of drug-likeness (QED) is 0.741. The van der Waals surface area contributed by atoms with Gasteiger partial charge in [0.2, 0.25) is 0 Å². The zero-order valence-electron chi connectivity index (χ0n) is 9.18. The number of hydrogen-bond acceptors (Lipinski definition) is 1. The molecule has 0 unspecified atom stereocenters. The summed E-state index contributed by atoms with van der Waals surface area (Å²) in [4.78, 5) is 0. The van der Waals surface area contributed by atoms with Crippen LogP contribution in [0.3, 0.4) is 0 Å². The molecule has 0 aliphatic carbocycles. The lowest BCUT2D eigenvalue weighted by Crippen LogP contribution is -2.00. The first kappa shape index (κ1) is 13.8. The van der Waals surface area contributed by atoms with E-state index in [1.807, 2.05) is 24.3 Å². The Balaban J connectivity index is 2.17. The van der Waals surface area contributed by atoms with E-state index in [9.17, 15) is 0 Å². The summed E-state index contributed by atoms with van der Waals surface area (Å²) in [7, 11) is 0. The predicted molar refractivity (Wildman–Crippen MR) is 80.3 cm³/mol. The first-order valence-corrected chi connectivity index (χ1v) is 6.71. The maximum atomic E-state index is 6.10. The molecule has 0 aromatic heterocycles. The van der Waals surface area contributed by atoms with Crippen LogP contribution in [0.2, 0.25) is 20.1 Å². The maximum absolute atomic E-state index is 6.10. The molecule has 0 bridgehead atoms. The first-order valence-electron chi connectivity index (χ1n) is 5.20. The number of benzene rings is 2. The van der Waals surface area contributed by atoms with Gasteiger partial charge in [-0.1, -0.05) is 64.6 Å². The second kappa shape index (κ2) is 6.03. The van der Waals surface area contributed by atoms with E-state index < -0.39 is 0 Å². The normalized spacial score (nSPS) is 10.4. The Morgan fingerprint density at radius 3 is 2.11 bits per heavy atom. The van der Waals surface area contributed by atoms with Crippen molar-refractivity contribution in [2.75, 3.05) is 5.32 Å². The fourth-order valence-corrected chi connectivity index (χ4v) is 2.27. The molecule has 5 heteroatoms. The molecule has 0 spiro atoms. The highest BCUT2D eigenvalue weighted by atomic mass is 35.5. The van der Waals surface area contributed by atoms with Crippen molar-refractivity contribution in [3.8, 4) is 0 Å². The molecule has 0 aliphatic heterocycles. The molecule has 94 valence electrons. The first-order chi connectivity index (χ1) is 8.59. The topological polar surface area (TPSA) is 12.0 Å². The molecule has 0 saturated carbocycles. The SMILES string of the molecule is Clc1cccc(CNc2cccc(Cl)c2Cl)c1Cl. The standard InChI is InChI=1S/C13H9Cl4N/c14-9-4-1-3-8(12(9)16)7-18-11-6-2-5-10(15)13(11)17/h1-6,18H,7H2.